The molecule has 0 amide bonds. The average molecular weight is 295 g/mol. The Morgan fingerprint density at radius 3 is 3.12 bits per heavy atom. The molecule has 1 aliphatic heterocycles. The Hall–Kier alpha value is -0.940. The fourth-order valence-corrected chi connectivity index (χ4v) is 2.74. The molecule has 2 aromatic heterocycles. The van der Waals surface area contributed by atoms with E-state index < -0.39 is 0 Å². The summed E-state index contributed by atoms with van der Waals surface area (Å²) in [5, 5.41) is 8.05. The summed E-state index contributed by atoms with van der Waals surface area (Å²) < 4.78 is 2.79. The summed E-state index contributed by atoms with van der Waals surface area (Å²) in [5.74, 6) is 0.927. The molecule has 1 unspecified atom stereocenters. The summed E-state index contributed by atoms with van der Waals surface area (Å²) >= 11 is 3.48. The minimum Gasteiger partial charge on any atom is -0.314 e. The van der Waals surface area contributed by atoms with E-state index in [1.54, 1.807) is 0 Å². The zero-order valence-corrected chi connectivity index (χ0v) is 11.2. The van der Waals surface area contributed by atoms with Crippen molar-refractivity contribution in [3.05, 3.63) is 28.6 Å². The fourth-order valence-electron chi connectivity index (χ4n) is 2.32. The first-order valence-electron chi connectivity index (χ1n) is 6.06. The van der Waals surface area contributed by atoms with Gasteiger partial charge < -0.3 is 5.32 Å². The molecule has 1 aliphatic rings. The van der Waals surface area contributed by atoms with Gasteiger partial charge in [-0.1, -0.05) is 12.5 Å². The number of hydrogen-bond acceptors (Lipinski definition) is 3. The second-order valence-corrected chi connectivity index (χ2v) is 5.31. The zero-order chi connectivity index (χ0) is 11.7. The Bertz CT molecular complexity index is 516. The van der Waals surface area contributed by atoms with Gasteiger partial charge in [0.15, 0.2) is 11.5 Å². The first kappa shape index (κ1) is 11.2. The van der Waals surface area contributed by atoms with Crippen LogP contribution in [0.15, 0.2) is 22.8 Å². The number of nitrogens with one attached hydrogen (secondary N) is 1. The monoisotopic (exact) mass is 294 g/mol. The second kappa shape index (κ2) is 4.74. The Balaban J connectivity index is 1.83. The third-order valence-corrected chi connectivity index (χ3v) is 3.80. The van der Waals surface area contributed by atoms with Gasteiger partial charge in [-0.25, -0.2) is 9.50 Å². The van der Waals surface area contributed by atoms with Crippen molar-refractivity contribution in [2.24, 2.45) is 0 Å². The Morgan fingerprint density at radius 1 is 1.41 bits per heavy atom. The predicted molar refractivity (Wildman–Crippen MR) is 70.0 cm³/mol. The van der Waals surface area contributed by atoms with Gasteiger partial charge in [-0.15, -0.1) is 0 Å². The van der Waals surface area contributed by atoms with Gasteiger partial charge in [-0.05, 0) is 47.4 Å². The Morgan fingerprint density at radius 2 is 2.35 bits per heavy atom. The third kappa shape index (κ3) is 2.35. The SMILES string of the molecule is Brc1cccc2nc(CC3CCCCN3)nn12. The predicted octanol–water partition coefficient (Wildman–Crippen LogP) is 2.18. The summed E-state index contributed by atoms with van der Waals surface area (Å²) in [7, 11) is 0. The van der Waals surface area contributed by atoms with Crippen LogP contribution in [0.2, 0.25) is 0 Å². The smallest absolute Gasteiger partial charge is 0.156 e. The number of aromatic nitrogens is 3. The molecule has 1 N–H and O–H groups in total. The van der Waals surface area contributed by atoms with Crippen LogP contribution in [0.3, 0.4) is 0 Å². The maximum atomic E-state index is 4.55. The van der Waals surface area contributed by atoms with E-state index in [1.807, 2.05) is 22.7 Å². The second-order valence-electron chi connectivity index (χ2n) is 4.50. The largest absolute Gasteiger partial charge is 0.314 e. The highest BCUT2D eigenvalue weighted by Crippen LogP contribution is 2.14. The molecule has 1 saturated heterocycles. The molecule has 0 aliphatic carbocycles. The Kier molecular flexibility index (Phi) is 3.11. The van der Waals surface area contributed by atoms with E-state index in [0.29, 0.717) is 6.04 Å². The lowest BCUT2D eigenvalue weighted by Crippen LogP contribution is -2.35. The van der Waals surface area contributed by atoms with Gasteiger partial charge in [0.1, 0.15) is 4.60 Å². The molecule has 1 atom stereocenters. The van der Waals surface area contributed by atoms with Crippen LogP contribution in [0, 0.1) is 0 Å². The number of piperidine rings is 1. The van der Waals surface area contributed by atoms with Crippen molar-refractivity contribution < 1.29 is 0 Å². The van der Waals surface area contributed by atoms with Crippen LogP contribution < -0.4 is 5.32 Å². The number of halogens is 1. The molecular weight excluding hydrogens is 280 g/mol. The fraction of sp³-hybridized carbons (Fsp3) is 0.500. The highest BCUT2D eigenvalue weighted by Gasteiger charge is 2.15. The molecule has 4 nitrogen and oxygen atoms in total. The summed E-state index contributed by atoms with van der Waals surface area (Å²) in [4.78, 5) is 4.55. The molecule has 90 valence electrons. The highest BCUT2D eigenvalue weighted by molar-refractivity contribution is 9.10. The minimum absolute atomic E-state index is 0.542. The van der Waals surface area contributed by atoms with E-state index in [0.717, 1.165) is 29.0 Å². The maximum absolute atomic E-state index is 4.55. The van der Waals surface area contributed by atoms with E-state index in [9.17, 15) is 0 Å². The van der Waals surface area contributed by atoms with Gasteiger partial charge in [0.25, 0.3) is 0 Å². The van der Waals surface area contributed by atoms with E-state index in [4.69, 9.17) is 0 Å². The first-order chi connectivity index (χ1) is 8.33. The standard InChI is InChI=1S/C12H15BrN4/c13-10-5-3-6-12-15-11(16-17(10)12)8-9-4-1-2-7-14-9/h3,5-6,9,14H,1-2,4,7-8H2. The molecule has 0 aromatic carbocycles. The van der Waals surface area contributed by atoms with Crippen molar-refractivity contribution in [2.45, 2.75) is 31.7 Å². The lowest BCUT2D eigenvalue weighted by Gasteiger charge is -2.21. The van der Waals surface area contributed by atoms with Gasteiger partial charge in [-0.3, -0.25) is 0 Å². The van der Waals surface area contributed by atoms with Crippen LogP contribution in [0.5, 0.6) is 0 Å². The molecule has 1 fully saturated rings. The van der Waals surface area contributed by atoms with E-state index in [-0.39, 0.29) is 0 Å². The van der Waals surface area contributed by atoms with Crippen molar-refractivity contribution >= 4 is 21.6 Å². The minimum atomic E-state index is 0.542. The molecule has 0 saturated carbocycles. The van der Waals surface area contributed by atoms with Gasteiger partial charge in [0.05, 0.1) is 0 Å². The van der Waals surface area contributed by atoms with E-state index in [2.05, 4.69) is 31.3 Å². The Labute approximate surface area is 109 Å². The molecule has 0 radical (unpaired) electrons. The average Bonchev–Trinajstić information content (AvgIpc) is 2.74. The van der Waals surface area contributed by atoms with Crippen LogP contribution in [0.1, 0.15) is 25.1 Å². The van der Waals surface area contributed by atoms with Gasteiger partial charge >= 0.3 is 0 Å². The van der Waals surface area contributed by atoms with Crippen LogP contribution >= 0.6 is 15.9 Å². The zero-order valence-electron chi connectivity index (χ0n) is 9.56. The molecule has 3 rings (SSSR count). The lowest BCUT2D eigenvalue weighted by molar-refractivity contribution is 0.394. The van der Waals surface area contributed by atoms with Gasteiger partial charge in [0.2, 0.25) is 0 Å². The normalized spacial score (nSPS) is 20.9. The summed E-state index contributed by atoms with van der Waals surface area (Å²) in [6.45, 7) is 1.13. The van der Waals surface area contributed by atoms with E-state index in [1.165, 1.54) is 19.3 Å². The maximum Gasteiger partial charge on any atom is 0.156 e. The number of fused-ring (bicyclic) bond motifs is 1. The van der Waals surface area contributed by atoms with Crippen molar-refractivity contribution in [1.29, 1.82) is 0 Å². The molecule has 5 heteroatoms. The number of pyridine rings is 1. The van der Waals surface area contributed by atoms with Crippen molar-refractivity contribution in [3.63, 3.8) is 0 Å². The molecule has 0 bridgehead atoms. The lowest BCUT2D eigenvalue weighted by atomic mass is 10.0. The van der Waals surface area contributed by atoms with E-state index >= 15 is 0 Å². The molecule has 2 aromatic rings. The van der Waals surface area contributed by atoms with Crippen molar-refractivity contribution in [3.8, 4) is 0 Å². The van der Waals surface area contributed by atoms with Crippen LogP contribution in [-0.2, 0) is 6.42 Å². The van der Waals surface area contributed by atoms with Gasteiger partial charge in [-0.2, -0.15) is 5.10 Å². The summed E-state index contributed by atoms with van der Waals surface area (Å²) in [5.41, 5.74) is 0.908. The van der Waals surface area contributed by atoms with Crippen molar-refractivity contribution in [2.75, 3.05) is 6.54 Å². The van der Waals surface area contributed by atoms with Gasteiger partial charge in [0, 0.05) is 12.5 Å². The topological polar surface area (TPSA) is 42.2 Å². The number of hydrogen-bond donors (Lipinski definition) is 1. The summed E-state index contributed by atoms with van der Waals surface area (Å²) in [6.07, 6.45) is 4.76. The molecule has 0 spiro atoms. The number of nitrogens with zero attached hydrogens (tertiary/aromatic N) is 3. The quantitative estimate of drug-likeness (QED) is 0.864. The molecular formula is C12H15BrN4. The van der Waals surface area contributed by atoms with Crippen molar-refractivity contribution in [1.82, 2.24) is 19.9 Å². The van der Waals surface area contributed by atoms with Crippen LogP contribution in [0.4, 0.5) is 0 Å². The summed E-state index contributed by atoms with van der Waals surface area (Å²) in [6, 6.07) is 6.48. The molecule has 17 heavy (non-hydrogen) atoms. The molecule has 3 heterocycles. The first-order valence-corrected chi connectivity index (χ1v) is 6.86. The van der Waals surface area contributed by atoms with Crippen LogP contribution in [0.25, 0.3) is 5.65 Å². The van der Waals surface area contributed by atoms with Crippen LogP contribution in [-0.4, -0.2) is 27.2 Å². The number of rotatable bonds is 2. The third-order valence-electron chi connectivity index (χ3n) is 3.20. The highest BCUT2D eigenvalue weighted by atomic mass is 79.9.